The third-order valence-electron chi connectivity index (χ3n) is 3.25. The van der Waals surface area contributed by atoms with Gasteiger partial charge in [0.05, 0.1) is 21.9 Å². The van der Waals surface area contributed by atoms with E-state index in [1.54, 1.807) is 24.4 Å². The molecular weight excluding hydrogens is 345 g/mol. The summed E-state index contributed by atoms with van der Waals surface area (Å²) in [5, 5.41) is 15.0. The van der Waals surface area contributed by atoms with Gasteiger partial charge in [-0.25, -0.2) is 0 Å². The van der Waals surface area contributed by atoms with E-state index in [1.165, 1.54) is 11.1 Å². The molecule has 1 heterocycles. The van der Waals surface area contributed by atoms with Crippen LogP contribution in [0.15, 0.2) is 42.6 Å². The summed E-state index contributed by atoms with van der Waals surface area (Å²) in [5.74, 6) is 0.907. The fourth-order valence-corrected chi connectivity index (χ4v) is 2.68. The summed E-state index contributed by atoms with van der Waals surface area (Å²) in [6.45, 7) is 4.09. The number of rotatable bonds is 4. The molecule has 0 bridgehead atoms. The van der Waals surface area contributed by atoms with Gasteiger partial charge in [-0.2, -0.15) is 10.1 Å². The van der Waals surface area contributed by atoms with Gasteiger partial charge in [-0.15, -0.1) is 5.10 Å². The summed E-state index contributed by atoms with van der Waals surface area (Å²) in [6.07, 6.45) is 1.56. The summed E-state index contributed by atoms with van der Waals surface area (Å²) in [4.78, 5) is 4.40. The fraction of sp³-hybridized carbons (Fsp3) is 0.118. The summed E-state index contributed by atoms with van der Waals surface area (Å²) in [7, 11) is 0. The van der Waals surface area contributed by atoms with Gasteiger partial charge in [-0.3, -0.25) is 0 Å². The first-order chi connectivity index (χ1) is 11.5. The van der Waals surface area contributed by atoms with Crippen LogP contribution < -0.4 is 10.6 Å². The Morgan fingerprint density at radius 2 is 1.71 bits per heavy atom. The van der Waals surface area contributed by atoms with Gasteiger partial charge in [0.15, 0.2) is 5.82 Å². The molecular formula is C17H15Cl2N5. The molecule has 5 nitrogen and oxygen atoms in total. The zero-order valence-electron chi connectivity index (χ0n) is 13.1. The van der Waals surface area contributed by atoms with Gasteiger partial charge in [0, 0.05) is 5.69 Å². The molecule has 0 atom stereocenters. The van der Waals surface area contributed by atoms with E-state index in [9.17, 15) is 0 Å². The lowest BCUT2D eigenvalue weighted by Crippen LogP contribution is -2.03. The van der Waals surface area contributed by atoms with Gasteiger partial charge < -0.3 is 10.6 Å². The van der Waals surface area contributed by atoms with Crippen molar-refractivity contribution in [2.75, 3.05) is 10.6 Å². The van der Waals surface area contributed by atoms with Crippen LogP contribution in [0.3, 0.4) is 0 Å². The van der Waals surface area contributed by atoms with Crippen LogP contribution in [0, 0.1) is 13.8 Å². The molecule has 2 aromatic carbocycles. The Hall–Kier alpha value is -2.37. The van der Waals surface area contributed by atoms with E-state index in [0.29, 0.717) is 27.5 Å². The Bertz CT molecular complexity index is 862. The molecule has 0 spiro atoms. The van der Waals surface area contributed by atoms with Gasteiger partial charge in [0.1, 0.15) is 0 Å². The smallest absolute Gasteiger partial charge is 0.249 e. The number of aromatic nitrogens is 3. The second-order valence-corrected chi connectivity index (χ2v) is 6.18. The number of aryl methyl sites for hydroxylation is 2. The van der Waals surface area contributed by atoms with E-state index in [1.807, 2.05) is 26.0 Å². The molecule has 2 N–H and O–H groups in total. The van der Waals surface area contributed by atoms with E-state index < -0.39 is 0 Å². The maximum Gasteiger partial charge on any atom is 0.249 e. The monoisotopic (exact) mass is 359 g/mol. The minimum atomic E-state index is 0.327. The van der Waals surface area contributed by atoms with Crippen molar-refractivity contribution < 1.29 is 0 Å². The lowest BCUT2D eigenvalue weighted by Gasteiger charge is -2.10. The molecule has 1 aromatic heterocycles. The van der Waals surface area contributed by atoms with Crippen LogP contribution in [-0.2, 0) is 0 Å². The quantitative estimate of drug-likeness (QED) is 0.663. The second-order valence-electron chi connectivity index (χ2n) is 5.39. The van der Waals surface area contributed by atoms with Crippen LogP contribution in [-0.4, -0.2) is 15.2 Å². The van der Waals surface area contributed by atoms with E-state index >= 15 is 0 Å². The number of benzene rings is 2. The van der Waals surface area contributed by atoms with E-state index in [2.05, 4.69) is 31.9 Å². The first kappa shape index (κ1) is 16.5. The Morgan fingerprint density at radius 1 is 0.958 bits per heavy atom. The average Bonchev–Trinajstić information content (AvgIpc) is 2.51. The fourth-order valence-electron chi connectivity index (χ4n) is 2.33. The third-order valence-corrected chi connectivity index (χ3v) is 4.07. The highest BCUT2D eigenvalue weighted by Gasteiger charge is 2.07. The van der Waals surface area contributed by atoms with Crippen LogP contribution in [0.2, 0.25) is 10.0 Å². The third kappa shape index (κ3) is 3.93. The first-order valence-corrected chi connectivity index (χ1v) is 8.03. The van der Waals surface area contributed by atoms with Crippen molar-refractivity contribution in [2.24, 2.45) is 0 Å². The van der Waals surface area contributed by atoms with Crippen molar-refractivity contribution in [3.05, 3.63) is 63.8 Å². The molecule has 0 amide bonds. The van der Waals surface area contributed by atoms with Crippen molar-refractivity contribution in [1.29, 1.82) is 0 Å². The van der Waals surface area contributed by atoms with Crippen LogP contribution >= 0.6 is 23.2 Å². The molecule has 0 aliphatic rings. The lowest BCUT2D eigenvalue weighted by molar-refractivity contribution is 0.982. The molecule has 3 aromatic rings. The molecule has 0 aliphatic carbocycles. The highest BCUT2D eigenvalue weighted by atomic mass is 35.5. The maximum absolute atomic E-state index is 6.16. The molecule has 0 fully saturated rings. The summed E-state index contributed by atoms with van der Waals surface area (Å²) in [5.41, 5.74) is 3.90. The van der Waals surface area contributed by atoms with E-state index in [0.717, 1.165) is 5.69 Å². The highest BCUT2D eigenvalue weighted by Crippen LogP contribution is 2.31. The molecule has 0 radical (unpaired) electrons. The lowest BCUT2D eigenvalue weighted by atomic mass is 10.1. The van der Waals surface area contributed by atoms with Crippen molar-refractivity contribution in [2.45, 2.75) is 13.8 Å². The molecule has 0 aliphatic heterocycles. The van der Waals surface area contributed by atoms with E-state index in [4.69, 9.17) is 23.2 Å². The van der Waals surface area contributed by atoms with Crippen LogP contribution in [0.5, 0.6) is 0 Å². The zero-order chi connectivity index (χ0) is 17.1. The van der Waals surface area contributed by atoms with Crippen molar-refractivity contribution in [3.63, 3.8) is 0 Å². The number of nitrogens with one attached hydrogen (secondary N) is 2. The topological polar surface area (TPSA) is 62.7 Å². The predicted octanol–water partition coefficient (Wildman–Crippen LogP) is 5.28. The minimum Gasteiger partial charge on any atom is -0.339 e. The normalized spacial score (nSPS) is 10.5. The molecule has 0 saturated heterocycles. The number of nitrogens with zero attached hydrogens (tertiary/aromatic N) is 3. The predicted molar refractivity (Wildman–Crippen MR) is 98.8 cm³/mol. The van der Waals surface area contributed by atoms with Crippen molar-refractivity contribution in [3.8, 4) is 0 Å². The number of hydrogen-bond donors (Lipinski definition) is 2. The number of hydrogen-bond acceptors (Lipinski definition) is 5. The summed E-state index contributed by atoms with van der Waals surface area (Å²) in [6, 6.07) is 11.5. The summed E-state index contributed by atoms with van der Waals surface area (Å²) < 4.78 is 0. The summed E-state index contributed by atoms with van der Waals surface area (Å²) >= 11 is 12.2. The van der Waals surface area contributed by atoms with Gasteiger partial charge in [-0.1, -0.05) is 35.3 Å². The maximum atomic E-state index is 6.16. The van der Waals surface area contributed by atoms with Crippen molar-refractivity contribution in [1.82, 2.24) is 15.2 Å². The first-order valence-electron chi connectivity index (χ1n) is 7.27. The van der Waals surface area contributed by atoms with Crippen LogP contribution in [0.25, 0.3) is 0 Å². The molecule has 24 heavy (non-hydrogen) atoms. The molecule has 7 heteroatoms. The number of halogens is 2. The molecule has 0 saturated carbocycles. The largest absolute Gasteiger partial charge is 0.339 e. The van der Waals surface area contributed by atoms with Gasteiger partial charge in [-0.05, 0) is 49.2 Å². The number of anilines is 4. The SMILES string of the molecule is Cc1cc(C)cc(Nc2cnnc(Nc3cccc(Cl)c3Cl)n2)c1. The Labute approximate surface area is 150 Å². The van der Waals surface area contributed by atoms with Gasteiger partial charge in [0.2, 0.25) is 5.95 Å². The van der Waals surface area contributed by atoms with Crippen LogP contribution in [0.4, 0.5) is 23.1 Å². The van der Waals surface area contributed by atoms with E-state index in [-0.39, 0.29) is 0 Å². The van der Waals surface area contributed by atoms with Gasteiger partial charge in [0.25, 0.3) is 0 Å². The average molecular weight is 360 g/mol. The Balaban J connectivity index is 1.82. The highest BCUT2D eigenvalue weighted by molar-refractivity contribution is 6.43. The molecule has 122 valence electrons. The van der Waals surface area contributed by atoms with Crippen LogP contribution in [0.1, 0.15) is 11.1 Å². The van der Waals surface area contributed by atoms with Crippen molar-refractivity contribution >= 4 is 46.3 Å². The Morgan fingerprint density at radius 3 is 2.46 bits per heavy atom. The standard InChI is InChI=1S/C17H15Cl2N5/c1-10-6-11(2)8-12(7-10)21-15-9-20-24-17(23-15)22-14-5-3-4-13(18)16(14)19/h3-9H,1-2H3,(H2,21,22,23,24). The second kappa shape index (κ2) is 7.03. The zero-order valence-corrected chi connectivity index (χ0v) is 14.7. The Kier molecular flexibility index (Phi) is 4.83. The minimum absolute atomic E-state index is 0.327. The van der Waals surface area contributed by atoms with Gasteiger partial charge >= 0.3 is 0 Å². The molecule has 0 unspecified atom stereocenters. The molecule has 3 rings (SSSR count).